The van der Waals surface area contributed by atoms with Crippen molar-refractivity contribution in [1.29, 1.82) is 0 Å². The maximum Gasteiger partial charge on any atom is -0.00673 e. The first-order chi connectivity index (χ1) is 5.69. The van der Waals surface area contributed by atoms with Crippen molar-refractivity contribution in [2.75, 3.05) is 12.0 Å². The van der Waals surface area contributed by atoms with Gasteiger partial charge in [-0.3, -0.25) is 0 Å². The molecule has 0 saturated heterocycles. The summed E-state index contributed by atoms with van der Waals surface area (Å²) >= 11 is 1.96. The van der Waals surface area contributed by atoms with Gasteiger partial charge in [0.15, 0.2) is 0 Å². The molecular weight excluding hydrogens is 176 g/mol. The van der Waals surface area contributed by atoms with Crippen molar-refractivity contribution >= 4 is 11.8 Å². The first-order valence-corrected chi connectivity index (χ1v) is 6.58. The highest BCUT2D eigenvalue weighted by Gasteiger charge is 2.33. The fourth-order valence-corrected chi connectivity index (χ4v) is 2.87. The van der Waals surface area contributed by atoms with Gasteiger partial charge in [0.1, 0.15) is 0 Å². The summed E-state index contributed by atoms with van der Waals surface area (Å²) in [7, 11) is 0. The average molecular weight is 202 g/mol. The molecule has 0 aliphatic heterocycles. The van der Waals surface area contributed by atoms with E-state index in [-0.39, 0.29) is 0 Å². The van der Waals surface area contributed by atoms with Gasteiger partial charge in [0, 0.05) is 0 Å². The van der Waals surface area contributed by atoms with Crippen molar-refractivity contribution in [3.8, 4) is 0 Å². The molecule has 0 fully saturated rings. The van der Waals surface area contributed by atoms with E-state index in [4.69, 9.17) is 0 Å². The van der Waals surface area contributed by atoms with Gasteiger partial charge in [-0.15, -0.1) is 0 Å². The predicted octanol–water partition coefficient (Wildman–Crippen LogP) is 4.45. The highest BCUT2D eigenvalue weighted by molar-refractivity contribution is 7.98. The van der Waals surface area contributed by atoms with Gasteiger partial charge >= 0.3 is 0 Å². The first kappa shape index (κ1) is 13.4. The molecule has 0 saturated carbocycles. The number of thioether (sulfide) groups is 1. The van der Waals surface area contributed by atoms with E-state index >= 15 is 0 Å². The molecule has 0 aliphatic carbocycles. The van der Waals surface area contributed by atoms with Crippen LogP contribution < -0.4 is 0 Å². The van der Waals surface area contributed by atoms with Gasteiger partial charge in [0.2, 0.25) is 0 Å². The van der Waals surface area contributed by atoms with E-state index in [1.807, 2.05) is 11.8 Å². The standard InChI is InChI=1S/C12H26S/c1-11(2,3)10(8-9-13-7)12(4,5)6/h10H,8-9H2,1-7H3. The smallest absolute Gasteiger partial charge is 0.00673 e. The van der Waals surface area contributed by atoms with Crippen LogP contribution in [0.25, 0.3) is 0 Å². The fourth-order valence-electron chi connectivity index (χ4n) is 2.40. The van der Waals surface area contributed by atoms with E-state index in [2.05, 4.69) is 47.8 Å². The predicted molar refractivity (Wildman–Crippen MR) is 65.4 cm³/mol. The highest BCUT2D eigenvalue weighted by Crippen LogP contribution is 2.42. The first-order valence-electron chi connectivity index (χ1n) is 5.18. The SMILES string of the molecule is CSCCC(C(C)(C)C)C(C)(C)C. The van der Waals surface area contributed by atoms with Gasteiger partial charge in [-0.2, -0.15) is 11.8 Å². The summed E-state index contributed by atoms with van der Waals surface area (Å²) < 4.78 is 0. The lowest BCUT2D eigenvalue weighted by molar-refractivity contribution is 0.0992. The second-order valence-electron chi connectivity index (χ2n) is 6.07. The summed E-state index contributed by atoms with van der Waals surface area (Å²) in [6, 6.07) is 0. The molecule has 0 unspecified atom stereocenters. The second kappa shape index (κ2) is 4.72. The van der Waals surface area contributed by atoms with Crippen LogP contribution in [-0.4, -0.2) is 12.0 Å². The molecule has 0 aromatic heterocycles. The van der Waals surface area contributed by atoms with Crippen LogP contribution in [0.4, 0.5) is 0 Å². The largest absolute Gasteiger partial charge is 0.165 e. The average Bonchev–Trinajstić information content (AvgIpc) is 1.81. The molecule has 0 aromatic carbocycles. The molecule has 13 heavy (non-hydrogen) atoms. The third kappa shape index (κ3) is 4.95. The Morgan fingerprint density at radius 2 is 1.31 bits per heavy atom. The molecule has 1 heteroatoms. The lowest BCUT2D eigenvalue weighted by Crippen LogP contribution is -2.33. The maximum atomic E-state index is 2.36. The van der Waals surface area contributed by atoms with Crippen LogP contribution in [0.2, 0.25) is 0 Å². The van der Waals surface area contributed by atoms with Crippen molar-refractivity contribution in [3.05, 3.63) is 0 Å². The number of hydrogen-bond acceptors (Lipinski definition) is 1. The van der Waals surface area contributed by atoms with Gasteiger partial charge in [0.25, 0.3) is 0 Å². The van der Waals surface area contributed by atoms with Gasteiger partial charge < -0.3 is 0 Å². The van der Waals surface area contributed by atoms with Gasteiger partial charge in [-0.25, -0.2) is 0 Å². The zero-order chi connectivity index (χ0) is 10.7. The summed E-state index contributed by atoms with van der Waals surface area (Å²) in [6.07, 6.45) is 3.54. The third-order valence-corrected chi connectivity index (χ3v) is 3.35. The molecular formula is C12H26S. The quantitative estimate of drug-likeness (QED) is 0.651. The van der Waals surface area contributed by atoms with Gasteiger partial charge in [-0.1, -0.05) is 41.5 Å². The molecule has 0 spiro atoms. The fraction of sp³-hybridized carbons (Fsp3) is 1.00. The Morgan fingerprint density at radius 1 is 0.923 bits per heavy atom. The van der Waals surface area contributed by atoms with E-state index in [1.165, 1.54) is 12.2 Å². The van der Waals surface area contributed by atoms with E-state index in [0.29, 0.717) is 10.8 Å². The van der Waals surface area contributed by atoms with Crippen LogP contribution in [0.1, 0.15) is 48.0 Å². The van der Waals surface area contributed by atoms with Gasteiger partial charge in [0.05, 0.1) is 0 Å². The number of hydrogen-bond donors (Lipinski definition) is 0. The minimum absolute atomic E-state index is 0.438. The van der Waals surface area contributed by atoms with E-state index in [1.54, 1.807) is 0 Å². The minimum Gasteiger partial charge on any atom is -0.165 e. The second-order valence-corrected chi connectivity index (χ2v) is 7.05. The summed E-state index contributed by atoms with van der Waals surface area (Å²) in [5.41, 5.74) is 0.877. The van der Waals surface area contributed by atoms with Crippen molar-refractivity contribution < 1.29 is 0 Å². The Balaban J connectivity index is 4.39. The van der Waals surface area contributed by atoms with Crippen molar-refractivity contribution in [2.24, 2.45) is 16.7 Å². The topological polar surface area (TPSA) is 0 Å². The zero-order valence-corrected chi connectivity index (χ0v) is 11.2. The molecule has 0 aromatic rings. The van der Waals surface area contributed by atoms with Crippen LogP contribution in [0.5, 0.6) is 0 Å². The Morgan fingerprint density at radius 3 is 1.54 bits per heavy atom. The molecule has 0 bridgehead atoms. The Bertz CT molecular complexity index is 122. The van der Waals surface area contributed by atoms with Gasteiger partial charge in [-0.05, 0) is 35.2 Å². The summed E-state index contributed by atoms with van der Waals surface area (Å²) in [4.78, 5) is 0. The van der Waals surface area contributed by atoms with E-state index in [9.17, 15) is 0 Å². The van der Waals surface area contributed by atoms with Crippen molar-refractivity contribution in [2.45, 2.75) is 48.0 Å². The molecule has 0 radical (unpaired) electrons. The van der Waals surface area contributed by atoms with Crippen LogP contribution >= 0.6 is 11.8 Å². The summed E-state index contributed by atoms with van der Waals surface area (Å²) in [5, 5.41) is 0. The molecule has 0 amide bonds. The Hall–Kier alpha value is 0.350. The normalized spacial score (nSPS) is 13.8. The van der Waals surface area contributed by atoms with E-state index in [0.717, 1.165) is 5.92 Å². The van der Waals surface area contributed by atoms with Crippen molar-refractivity contribution in [1.82, 2.24) is 0 Å². The monoisotopic (exact) mass is 202 g/mol. The third-order valence-electron chi connectivity index (χ3n) is 2.70. The molecule has 0 N–H and O–H groups in total. The lowest BCUT2D eigenvalue weighted by Gasteiger charge is -2.41. The van der Waals surface area contributed by atoms with Crippen LogP contribution in [0.15, 0.2) is 0 Å². The molecule has 0 heterocycles. The zero-order valence-electron chi connectivity index (χ0n) is 10.4. The van der Waals surface area contributed by atoms with Crippen LogP contribution in [0.3, 0.4) is 0 Å². The lowest BCUT2D eigenvalue weighted by atomic mass is 9.65. The molecule has 0 rings (SSSR count). The summed E-state index contributed by atoms with van der Waals surface area (Å²) in [6.45, 7) is 14.2. The summed E-state index contributed by atoms with van der Waals surface area (Å²) in [5.74, 6) is 2.10. The molecule has 0 nitrogen and oxygen atoms in total. The van der Waals surface area contributed by atoms with Crippen LogP contribution in [0, 0.1) is 16.7 Å². The minimum atomic E-state index is 0.438. The Labute approximate surface area is 88.9 Å². The Kier molecular flexibility index (Phi) is 4.85. The molecule has 0 aliphatic rings. The number of rotatable bonds is 3. The molecule has 80 valence electrons. The highest BCUT2D eigenvalue weighted by atomic mass is 32.2. The maximum absolute atomic E-state index is 2.36. The van der Waals surface area contributed by atoms with Crippen LogP contribution in [-0.2, 0) is 0 Å². The van der Waals surface area contributed by atoms with Crippen molar-refractivity contribution in [3.63, 3.8) is 0 Å². The van der Waals surface area contributed by atoms with E-state index < -0.39 is 0 Å². The molecule has 0 atom stereocenters.